The Bertz CT molecular complexity index is 944. The standard InChI is InChI=1S/C20H25FN2O3S/c1-13-9-10-19(14(2)11-13)15(3)22-20(24)16(4)23(27(5,25)26)18-8-6-7-17(21)12-18/h6-12,15-16H,1-5H3,(H,22,24)/t15-,16+/m0/s1. The third-order valence-corrected chi connectivity index (χ3v) is 5.64. The summed E-state index contributed by atoms with van der Waals surface area (Å²) >= 11 is 0. The minimum absolute atomic E-state index is 0.110. The van der Waals surface area contributed by atoms with E-state index < -0.39 is 27.8 Å². The molecule has 0 heterocycles. The molecule has 0 aliphatic heterocycles. The number of benzene rings is 2. The van der Waals surface area contributed by atoms with Gasteiger partial charge in [-0.3, -0.25) is 9.10 Å². The lowest BCUT2D eigenvalue weighted by Gasteiger charge is -2.29. The van der Waals surface area contributed by atoms with Crippen LogP contribution in [0.2, 0.25) is 0 Å². The van der Waals surface area contributed by atoms with Crippen molar-refractivity contribution < 1.29 is 17.6 Å². The Morgan fingerprint density at radius 1 is 1.11 bits per heavy atom. The highest BCUT2D eigenvalue weighted by Crippen LogP contribution is 2.23. The van der Waals surface area contributed by atoms with Crippen molar-refractivity contribution in [2.24, 2.45) is 0 Å². The number of sulfonamides is 1. The van der Waals surface area contributed by atoms with Gasteiger partial charge in [0.2, 0.25) is 15.9 Å². The molecule has 2 rings (SSSR count). The quantitative estimate of drug-likeness (QED) is 0.819. The number of halogens is 1. The van der Waals surface area contributed by atoms with Crippen molar-refractivity contribution >= 4 is 21.6 Å². The van der Waals surface area contributed by atoms with Crippen LogP contribution in [0.1, 0.15) is 36.6 Å². The lowest BCUT2D eigenvalue weighted by molar-refractivity contribution is -0.122. The molecule has 27 heavy (non-hydrogen) atoms. The van der Waals surface area contributed by atoms with Crippen molar-refractivity contribution in [3.8, 4) is 0 Å². The van der Waals surface area contributed by atoms with Gasteiger partial charge in [0.25, 0.3) is 0 Å². The van der Waals surface area contributed by atoms with Crippen molar-refractivity contribution in [2.75, 3.05) is 10.6 Å². The number of hydrogen-bond acceptors (Lipinski definition) is 3. The largest absolute Gasteiger partial charge is 0.348 e. The van der Waals surface area contributed by atoms with Crippen molar-refractivity contribution in [3.63, 3.8) is 0 Å². The molecule has 146 valence electrons. The van der Waals surface area contributed by atoms with Gasteiger partial charge < -0.3 is 5.32 Å². The van der Waals surface area contributed by atoms with E-state index in [2.05, 4.69) is 5.32 Å². The van der Waals surface area contributed by atoms with E-state index in [4.69, 9.17) is 0 Å². The summed E-state index contributed by atoms with van der Waals surface area (Å²) in [5, 5.41) is 2.85. The molecular weight excluding hydrogens is 367 g/mol. The molecule has 2 aromatic carbocycles. The highest BCUT2D eigenvalue weighted by Gasteiger charge is 2.30. The van der Waals surface area contributed by atoms with E-state index in [1.807, 2.05) is 39.0 Å². The minimum Gasteiger partial charge on any atom is -0.348 e. The molecule has 1 N–H and O–H groups in total. The third kappa shape index (κ3) is 5.07. The Kier molecular flexibility index (Phi) is 6.26. The van der Waals surface area contributed by atoms with Gasteiger partial charge in [-0.1, -0.05) is 29.8 Å². The fraction of sp³-hybridized carbons (Fsp3) is 0.350. The van der Waals surface area contributed by atoms with Crippen molar-refractivity contribution in [3.05, 3.63) is 65.0 Å². The van der Waals surface area contributed by atoms with Crippen LogP contribution in [0, 0.1) is 19.7 Å². The fourth-order valence-corrected chi connectivity index (χ4v) is 4.31. The molecule has 0 aromatic heterocycles. The summed E-state index contributed by atoms with van der Waals surface area (Å²) in [4.78, 5) is 12.7. The Morgan fingerprint density at radius 3 is 2.33 bits per heavy atom. The van der Waals surface area contributed by atoms with Crippen LogP contribution in [0.3, 0.4) is 0 Å². The molecule has 0 aliphatic rings. The number of carbonyl (C=O) groups is 1. The number of amides is 1. The molecule has 0 radical (unpaired) electrons. The Balaban J connectivity index is 2.27. The molecule has 7 heteroatoms. The average Bonchev–Trinajstić information content (AvgIpc) is 2.53. The van der Waals surface area contributed by atoms with Gasteiger partial charge in [0.15, 0.2) is 0 Å². The van der Waals surface area contributed by atoms with Crippen LogP contribution >= 0.6 is 0 Å². The Hall–Kier alpha value is -2.41. The number of rotatable bonds is 6. The van der Waals surface area contributed by atoms with Gasteiger partial charge in [0.1, 0.15) is 11.9 Å². The van der Waals surface area contributed by atoms with Crippen molar-refractivity contribution in [1.29, 1.82) is 0 Å². The van der Waals surface area contributed by atoms with E-state index >= 15 is 0 Å². The highest BCUT2D eigenvalue weighted by atomic mass is 32.2. The normalized spacial score (nSPS) is 13.7. The van der Waals surface area contributed by atoms with E-state index in [9.17, 15) is 17.6 Å². The predicted molar refractivity (Wildman–Crippen MR) is 106 cm³/mol. The molecule has 1 amide bonds. The zero-order chi connectivity index (χ0) is 20.4. The summed E-state index contributed by atoms with van der Waals surface area (Å²) in [7, 11) is -3.79. The maximum atomic E-state index is 13.6. The van der Waals surface area contributed by atoms with Gasteiger partial charge in [-0.15, -0.1) is 0 Å². The zero-order valence-corrected chi connectivity index (χ0v) is 17.0. The van der Waals surface area contributed by atoms with Crippen molar-refractivity contribution in [2.45, 2.75) is 39.8 Å². The fourth-order valence-electron chi connectivity index (χ4n) is 3.15. The summed E-state index contributed by atoms with van der Waals surface area (Å²) in [6.07, 6.45) is 0.995. The Morgan fingerprint density at radius 2 is 1.78 bits per heavy atom. The smallest absolute Gasteiger partial charge is 0.244 e. The first-order chi connectivity index (χ1) is 12.5. The number of hydrogen-bond donors (Lipinski definition) is 1. The second-order valence-electron chi connectivity index (χ2n) is 6.80. The summed E-state index contributed by atoms with van der Waals surface area (Å²) in [6, 6.07) is 9.79. The summed E-state index contributed by atoms with van der Waals surface area (Å²) in [5.74, 6) is -1.03. The van der Waals surface area contributed by atoms with Crippen LogP contribution in [0.5, 0.6) is 0 Å². The first kappa shape index (κ1) is 20.9. The molecule has 0 bridgehead atoms. The van der Waals surface area contributed by atoms with E-state index in [1.54, 1.807) is 0 Å². The molecule has 0 spiro atoms. The monoisotopic (exact) mass is 392 g/mol. The predicted octanol–water partition coefficient (Wildman–Crippen LogP) is 3.47. The first-order valence-electron chi connectivity index (χ1n) is 8.63. The zero-order valence-electron chi connectivity index (χ0n) is 16.2. The molecule has 2 aromatic rings. The summed E-state index contributed by atoms with van der Waals surface area (Å²) in [5.41, 5.74) is 3.23. The van der Waals surface area contributed by atoms with Gasteiger partial charge >= 0.3 is 0 Å². The topological polar surface area (TPSA) is 66.5 Å². The number of carbonyl (C=O) groups excluding carboxylic acids is 1. The number of aryl methyl sites for hydroxylation is 2. The maximum Gasteiger partial charge on any atom is 0.244 e. The summed E-state index contributed by atoms with van der Waals surface area (Å²) < 4.78 is 39.0. The molecule has 0 saturated carbocycles. The van der Waals surface area contributed by atoms with E-state index in [-0.39, 0.29) is 11.7 Å². The van der Waals surface area contributed by atoms with Gasteiger partial charge in [0, 0.05) is 0 Å². The number of nitrogens with zero attached hydrogens (tertiary/aromatic N) is 1. The molecule has 2 atom stereocenters. The van der Waals surface area contributed by atoms with E-state index in [0.29, 0.717) is 0 Å². The molecule has 0 fully saturated rings. The molecule has 5 nitrogen and oxygen atoms in total. The van der Waals surface area contributed by atoms with Crippen LogP contribution in [0.25, 0.3) is 0 Å². The minimum atomic E-state index is -3.79. The highest BCUT2D eigenvalue weighted by molar-refractivity contribution is 7.92. The molecular formula is C20H25FN2O3S. The van der Waals surface area contributed by atoms with Crippen LogP contribution in [0.15, 0.2) is 42.5 Å². The first-order valence-corrected chi connectivity index (χ1v) is 10.5. The molecule has 0 unspecified atom stereocenters. The van der Waals surface area contributed by atoms with Gasteiger partial charge in [-0.05, 0) is 57.0 Å². The lowest BCUT2D eigenvalue weighted by atomic mass is 10.00. The molecule has 0 aliphatic carbocycles. The van der Waals surface area contributed by atoms with E-state index in [0.717, 1.165) is 33.3 Å². The SMILES string of the molecule is Cc1ccc([C@H](C)NC(=O)[C@@H](C)N(c2cccc(F)c2)S(C)(=O)=O)c(C)c1. The third-order valence-electron chi connectivity index (χ3n) is 4.40. The second kappa shape index (κ2) is 8.08. The number of anilines is 1. The van der Waals surface area contributed by atoms with E-state index in [1.165, 1.54) is 25.1 Å². The lowest BCUT2D eigenvalue weighted by Crippen LogP contribution is -2.48. The van der Waals surface area contributed by atoms with Gasteiger partial charge in [0.05, 0.1) is 18.0 Å². The van der Waals surface area contributed by atoms with Crippen LogP contribution in [-0.2, 0) is 14.8 Å². The average molecular weight is 392 g/mol. The van der Waals surface area contributed by atoms with Crippen LogP contribution in [-0.4, -0.2) is 26.6 Å². The van der Waals surface area contributed by atoms with Crippen molar-refractivity contribution in [1.82, 2.24) is 5.32 Å². The van der Waals surface area contributed by atoms with Crippen LogP contribution in [0.4, 0.5) is 10.1 Å². The Labute approximate surface area is 160 Å². The second-order valence-corrected chi connectivity index (χ2v) is 8.66. The number of nitrogens with one attached hydrogen (secondary N) is 1. The maximum absolute atomic E-state index is 13.6. The van der Waals surface area contributed by atoms with Gasteiger partial charge in [-0.2, -0.15) is 0 Å². The van der Waals surface area contributed by atoms with Crippen LogP contribution < -0.4 is 9.62 Å². The summed E-state index contributed by atoms with van der Waals surface area (Å²) in [6.45, 7) is 7.28. The molecule has 0 saturated heterocycles. The van der Waals surface area contributed by atoms with Gasteiger partial charge in [-0.25, -0.2) is 12.8 Å².